The van der Waals surface area contributed by atoms with E-state index in [1.165, 1.54) is 0 Å². The average Bonchev–Trinajstić information content (AvgIpc) is 2.56. The van der Waals surface area contributed by atoms with Crippen molar-refractivity contribution in [1.29, 1.82) is 0 Å². The minimum absolute atomic E-state index is 0.363. The van der Waals surface area contributed by atoms with Crippen molar-refractivity contribution in [3.05, 3.63) is 43.0 Å². The van der Waals surface area contributed by atoms with Gasteiger partial charge in [-0.05, 0) is 39.0 Å². The highest BCUT2D eigenvalue weighted by atomic mass is 15.2. The van der Waals surface area contributed by atoms with Crippen molar-refractivity contribution in [3.63, 3.8) is 0 Å². The fourth-order valence-corrected chi connectivity index (χ4v) is 2.57. The number of fused-ring (bicyclic) bond motifs is 1. The Morgan fingerprint density at radius 3 is 2.41 bits per heavy atom. The Balaban J connectivity index is 2.25. The van der Waals surface area contributed by atoms with Crippen LogP contribution >= 0.6 is 0 Å². The number of anilines is 1. The lowest BCUT2D eigenvalue weighted by molar-refractivity contribution is 0.696. The Hall–Kier alpha value is -2.56. The summed E-state index contributed by atoms with van der Waals surface area (Å²) in [4.78, 5) is 20.0. The predicted octanol–water partition coefficient (Wildman–Crippen LogP) is 3.32. The van der Waals surface area contributed by atoms with Gasteiger partial charge in [0.15, 0.2) is 5.82 Å². The molecule has 22 heavy (non-hydrogen) atoms. The molecule has 0 aliphatic carbocycles. The number of rotatable bonds is 4. The van der Waals surface area contributed by atoms with Crippen molar-refractivity contribution < 1.29 is 0 Å². The van der Waals surface area contributed by atoms with E-state index in [0.717, 1.165) is 28.8 Å². The summed E-state index contributed by atoms with van der Waals surface area (Å²) in [5, 5.41) is 1.03. The van der Waals surface area contributed by atoms with Crippen LogP contribution < -0.4 is 4.90 Å². The first kappa shape index (κ1) is 14.4. The molecule has 0 amide bonds. The van der Waals surface area contributed by atoms with E-state index in [1.54, 1.807) is 24.8 Å². The summed E-state index contributed by atoms with van der Waals surface area (Å²) in [7, 11) is 0. The van der Waals surface area contributed by atoms with Gasteiger partial charge in [-0.2, -0.15) is 0 Å². The lowest BCUT2D eigenvalue weighted by atomic mass is 10.2. The maximum Gasteiger partial charge on any atom is 0.162 e. The molecule has 0 unspecified atom stereocenters. The SMILES string of the molecule is CCN(c1nc(-c2ccncc2)nc2cnccc12)C(C)C. The molecule has 0 N–H and O–H groups in total. The number of aromatic nitrogens is 4. The largest absolute Gasteiger partial charge is 0.354 e. The van der Waals surface area contributed by atoms with Gasteiger partial charge in [-0.25, -0.2) is 9.97 Å². The van der Waals surface area contributed by atoms with Crippen LogP contribution in [0.1, 0.15) is 20.8 Å². The van der Waals surface area contributed by atoms with Gasteiger partial charge < -0.3 is 4.90 Å². The highest BCUT2D eigenvalue weighted by Gasteiger charge is 2.16. The zero-order valence-corrected chi connectivity index (χ0v) is 13.1. The highest BCUT2D eigenvalue weighted by Crippen LogP contribution is 2.27. The van der Waals surface area contributed by atoms with Crippen LogP contribution in [0.4, 0.5) is 5.82 Å². The summed E-state index contributed by atoms with van der Waals surface area (Å²) in [5.74, 6) is 1.66. The van der Waals surface area contributed by atoms with Crippen LogP contribution in [0.2, 0.25) is 0 Å². The Kier molecular flexibility index (Phi) is 3.96. The predicted molar refractivity (Wildman–Crippen MR) is 88.7 cm³/mol. The van der Waals surface area contributed by atoms with Gasteiger partial charge in [-0.1, -0.05) is 0 Å². The van der Waals surface area contributed by atoms with E-state index in [-0.39, 0.29) is 0 Å². The third-order valence-electron chi connectivity index (χ3n) is 3.65. The topological polar surface area (TPSA) is 54.8 Å². The van der Waals surface area contributed by atoms with Crippen molar-refractivity contribution >= 4 is 16.7 Å². The van der Waals surface area contributed by atoms with Crippen LogP contribution in [-0.4, -0.2) is 32.5 Å². The fraction of sp³-hybridized carbons (Fsp3) is 0.294. The molecule has 0 radical (unpaired) electrons. The fourth-order valence-electron chi connectivity index (χ4n) is 2.57. The number of hydrogen-bond acceptors (Lipinski definition) is 5. The van der Waals surface area contributed by atoms with Crippen LogP contribution in [-0.2, 0) is 0 Å². The molecule has 0 aliphatic rings. The van der Waals surface area contributed by atoms with E-state index >= 15 is 0 Å². The normalized spacial score (nSPS) is 11.1. The maximum atomic E-state index is 4.82. The number of pyridine rings is 2. The maximum absolute atomic E-state index is 4.82. The molecule has 3 rings (SSSR count). The smallest absolute Gasteiger partial charge is 0.162 e. The van der Waals surface area contributed by atoms with Gasteiger partial charge in [0.2, 0.25) is 0 Å². The second-order valence-corrected chi connectivity index (χ2v) is 5.38. The minimum atomic E-state index is 0.363. The molecule has 0 fully saturated rings. The van der Waals surface area contributed by atoms with Gasteiger partial charge in [0.1, 0.15) is 5.82 Å². The molecule has 0 saturated heterocycles. The van der Waals surface area contributed by atoms with E-state index in [0.29, 0.717) is 11.9 Å². The summed E-state index contributed by atoms with van der Waals surface area (Å²) >= 11 is 0. The average molecular weight is 293 g/mol. The van der Waals surface area contributed by atoms with Crippen molar-refractivity contribution in [3.8, 4) is 11.4 Å². The molecular formula is C17H19N5. The molecule has 0 aromatic carbocycles. The van der Waals surface area contributed by atoms with Crippen molar-refractivity contribution in [2.24, 2.45) is 0 Å². The molecule has 112 valence electrons. The zero-order valence-electron chi connectivity index (χ0n) is 13.1. The summed E-state index contributed by atoms with van der Waals surface area (Å²) < 4.78 is 0. The van der Waals surface area contributed by atoms with Gasteiger partial charge in [-0.3, -0.25) is 9.97 Å². The van der Waals surface area contributed by atoms with Gasteiger partial charge >= 0.3 is 0 Å². The summed E-state index contributed by atoms with van der Waals surface area (Å²) in [6.07, 6.45) is 7.09. The highest BCUT2D eigenvalue weighted by molar-refractivity contribution is 5.90. The quantitative estimate of drug-likeness (QED) is 0.738. The second kappa shape index (κ2) is 6.05. The van der Waals surface area contributed by atoms with E-state index in [9.17, 15) is 0 Å². The second-order valence-electron chi connectivity index (χ2n) is 5.38. The molecule has 3 aromatic rings. The van der Waals surface area contributed by atoms with Crippen LogP contribution in [0.25, 0.3) is 22.3 Å². The van der Waals surface area contributed by atoms with Crippen LogP contribution in [0, 0.1) is 0 Å². The number of hydrogen-bond donors (Lipinski definition) is 0. The molecule has 3 aromatic heterocycles. The van der Waals surface area contributed by atoms with Crippen molar-refractivity contribution in [2.45, 2.75) is 26.8 Å². The zero-order chi connectivity index (χ0) is 15.5. The molecule has 3 heterocycles. The van der Waals surface area contributed by atoms with Crippen molar-refractivity contribution in [2.75, 3.05) is 11.4 Å². The third kappa shape index (κ3) is 2.62. The Labute approximate surface area is 130 Å². The van der Waals surface area contributed by atoms with Gasteiger partial charge in [0.05, 0.1) is 11.7 Å². The van der Waals surface area contributed by atoms with E-state index in [2.05, 4.69) is 40.6 Å². The summed E-state index contributed by atoms with van der Waals surface area (Å²) in [6.45, 7) is 7.37. The molecule has 0 atom stereocenters. The molecule has 0 bridgehead atoms. The standard InChI is InChI=1S/C17H19N5/c1-4-22(12(2)3)17-14-7-10-19-11-15(14)20-16(21-17)13-5-8-18-9-6-13/h5-12H,4H2,1-3H3. The third-order valence-corrected chi connectivity index (χ3v) is 3.65. The van der Waals surface area contributed by atoms with E-state index in [4.69, 9.17) is 4.98 Å². The first-order valence-corrected chi connectivity index (χ1v) is 7.49. The van der Waals surface area contributed by atoms with Crippen LogP contribution in [0.15, 0.2) is 43.0 Å². The Morgan fingerprint density at radius 2 is 1.73 bits per heavy atom. The van der Waals surface area contributed by atoms with Crippen LogP contribution in [0.3, 0.4) is 0 Å². The Bertz CT molecular complexity index is 770. The molecule has 0 saturated carbocycles. The minimum Gasteiger partial charge on any atom is -0.354 e. The monoisotopic (exact) mass is 293 g/mol. The van der Waals surface area contributed by atoms with Gasteiger partial charge in [0, 0.05) is 42.1 Å². The van der Waals surface area contributed by atoms with Crippen LogP contribution in [0.5, 0.6) is 0 Å². The van der Waals surface area contributed by atoms with Gasteiger partial charge in [0.25, 0.3) is 0 Å². The first-order valence-electron chi connectivity index (χ1n) is 7.49. The molecular weight excluding hydrogens is 274 g/mol. The summed E-state index contributed by atoms with van der Waals surface area (Å²) in [6, 6.07) is 6.19. The van der Waals surface area contributed by atoms with Crippen molar-refractivity contribution in [1.82, 2.24) is 19.9 Å². The molecule has 5 heteroatoms. The lowest BCUT2D eigenvalue weighted by Crippen LogP contribution is -2.31. The Morgan fingerprint density at radius 1 is 1.00 bits per heavy atom. The molecule has 0 spiro atoms. The van der Waals surface area contributed by atoms with E-state index in [1.807, 2.05) is 18.2 Å². The number of nitrogens with zero attached hydrogens (tertiary/aromatic N) is 5. The first-order chi connectivity index (χ1) is 10.7. The molecule has 0 aliphatic heterocycles. The molecule has 5 nitrogen and oxygen atoms in total. The summed E-state index contributed by atoms with van der Waals surface area (Å²) in [5.41, 5.74) is 1.82. The van der Waals surface area contributed by atoms with Gasteiger partial charge in [-0.15, -0.1) is 0 Å². The van der Waals surface area contributed by atoms with E-state index < -0.39 is 0 Å². The lowest BCUT2D eigenvalue weighted by Gasteiger charge is -2.27.